The van der Waals surface area contributed by atoms with Crippen LogP contribution in [0.1, 0.15) is 18.6 Å². The van der Waals surface area contributed by atoms with E-state index in [2.05, 4.69) is 5.32 Å². The number of halogens is 1. The second-order valence-electron chi connectivity index (χ2n) is 6.58. The minimum absolute atomic E-state index is 0.0883. The summed E-state index contributed by atoms with van der Waals surface area (Å²) < 4.78 is 32.3. The van der Waals surface area contributed by atoms with E-state index in [9.17, 15) is 13.2 Å². The van der Waals surface area contributed by atoms with Crippen LogP contribution in [0.2, 0.25) is 5.02 Å². The summed E-state index contributed by atoms with van der Waals surface area (Å²) in [5.74, 6) is 2.03. The molecule has 152 valence electrons. The number of furan rings is 1. The van der Waals surface area contributed by atoms with Crippen LogP contribution in [0.15, 0.2) is 52.0 Å². The van der Waals surface area contributed by atoms with E-state index in [1.165, 1.54) is 16.4 Å². The lowest BCUT2D eigenvalue weighted by Gasteiger charge is -2.31. The summed E-state index contributed by atoms with van der Waals surface area (Å²) in [6.45, 7) is 1.18. The molecule has 0 saturated carbocycles. The maximum absolute atomic E-state index is 12.8. The molecule has 1 aromatic heterocycles. The minimum Gasteiger partial charge on any atom is -0.468 e. The van der Waals surface area contributed by atoms with Crippen molar-refractivity contribution in [2.45, 2.75) is 23.5 Å². The minimum atomic E-state index is -3.62. The smallest absolute Gasteiger partial charge is 0.243 e. The van der Waals surface area contributed by atoms with E-state index in [1.807, 2.05) is 12.1 Å². The Morgan fingerprint density at radius 3 is 2.79 bits per heavy atom. The van der Waals surface area contributed by atoms with Crippen LogP contribution < -0.4 is 5.32 Å². The van der Waals surface area contributed by atoms with Crippen molar-refractivity contribution >= 4 is 39.3 Å². The highest BCUT2D eigenvalue weighted by molar-refractivity contribution is 7.98. The first kappa shape index (κ1) is 21.2. The third kappa shape index (κ3) is 5.53. The predicted molar refractivity (Wildman–Crippen MR) is 111 cm³/mol. The highest BCUT2D eigenvalue weighted by Crippen LogP contribution is 2.25. The SMILES string of the molecule is O=C(NCCSCc1ccco1)[C@@H]1CCCN(S(=O)(=O)c2ccc(Cl)cc2)C1. The Balaban J connectivity index is 1.48. The molecule has 0 radical (unpaired) electrons. The van der Waals surface area contributed by atoms with Gasteiger partial charge in [0.15, 0.2) is 0 Å². The standard InChI is InChI=1S/C19H23ClN2O4S2/c20-16-5-7-18(8-6-16)28(24,25)22-10-1-3-15(13-22)19(23)21-9-12-27-14-17-4-2-11-26-17/h2,4-8,11,15H,1,3,9-10,12-14H2,(H,21,23)/t15-/m1/s1. The molecule has 0 unspecified atom stereocenters. The first-order chi connectivity index (χ1) is 13.5. The van der Waals surface area contributed by atoms with Gasteiger partial charge in [-0.05, 0) is 49.2 Å². The number of carbonyl (C=O) groups is 1. The maximum atomic E-state index is 12.8. The largest absolute Gasteiger partial charge is 0.468 e. The van der Waals surface area contributed by atoms with Gasteiger partial charge in [-0.1, -0.05) is 11.6 Å². The van der Waals surface area contributed by atoms with Gasteiger partial charge in [0.1, 0.15) is 5.76 Å². The van der Waals surface area contributed by atoms with Crippen molar-refractivity contribution in [2.24, 2.45) is 5.92 Å². The molecule has 0 aliphatic carbocycles. The number of piperidine rings is 1. The number of sulfonamides is 1. The van der Waals surface area contributed by atoms with Crippen LogP contribution in [-0.2, 0) is 20.6 Å². The summed E-state index contributed by atoms with van der Waals surface area (Å²) in [5, 5.41) is 3.41. The van der Waals surface area contributed by atoms with Crippen LogP contribution in [-0.4, -0.2) is 44.0 Å². The molecule has 1 aliphatic rings. The molecular formula is C19H23ClN2O4S2. The second kappa shape index (κ2) is 9.82. The lowest BCUT2D eigenvalue weighted by Crippen LogP contribution is -2.45. The Kier molecular flexibility index (Phi) is 7.45. The molecular weight excluding hydrogens is 420 g/mol. The van der Waals surface area contributed by atoms with Crippen LogP contribution in [0.5, 0.6) is 0 Å². The van der Waals surface area contributed by atoms with Crippen LogP contribution in [0.4, 0.5) is 0 Å². The van der Waals surface area contributed by atoms with Crippen LogP contribution in [0.3, 0.4) is 0 Å². The first-order valence-corrected chi connectivity index (χ1v) is 12.1. The molecule has 1 aromatic carbocycles. The van der Waals surface area contributed by atoms with Gasteiger partial charge in [0.05, 0.1) is 22.8 Å². The number of rotatable bonds is 8. The average molecular weight is 443 g/mol. The van der Waals surface area contributed by atoms with Crippen molar-refractivity contribution in [1.29, 1.82) is 0 Å². The van der Waals surface area contributed by atoms with E-state index in [1.54, 1.807) is 30.2 Å². The summed E-state index contributed by atoms with van der Waals surface area (Å²) in [7, 11) is -3.62. The van der Waals surface area contributed by atoms with Gasteiger partial charge in [0, 0.05) is 30.4 Å². The highest BCUT2D eigenvalue weighted by Gasteiger charge is 2.33. The lowest BCUT2D eigenvalue weighted by atomic mass is 9.99. The van der Waals surface area contributed by atoms with Crippen molar-refractivity contribution in [3.63, 3.8) is 0 Å². The molecule has 0 spiro atoms. The summed E-state index contributed by atoms with van der Waals surface area (Å²) in [4.78, 5) is 12.7. The summed E-state index contributed by atoms with van der Waals surface area (Å²) in [5.41, 5.74) is 0. The molecule has 1 saturated heterocycles. The van der Waals surface area contributed by atoms with E-state index in [0.717, 1.165) is 17.3 Å². The van der Waals surface area contributed by atoms with Gasteiger partial charge in [-0.25, -0.2) is 8.42 Å². The number of amides is 1. The molecule has 2 aromatic rings. The van der Waals surface area contributed by atoms with Gasteiger partial charge < -0.3 is 9.73 Å². The zero-order chi connectivity index (χ0) is 20.0. The normalized spacial score (nSPS) is 18.1. The number of nitrogens with zero attached hydrogens (tertiary/aromatic N) is 1. The molecule has 2 heterocycles. The predicted octanol–water partition coefficient (Wildman–Crippen LogP) is 3.38. The molecule has 1 N–H and O–H groups in total. The van der Waals surface area contributed by atoms with Crippen LogP contribution in [0.25, 0.3) is 0 Å². The third-order valence-electron chi connectivity index (χ3n) is 4.58. The topological polar surface area (TPSA) is 79.6 Å². The van der Waals surface area contributed by atoms with Gasteiger partial charge in [-0.3, -0.25) is 4.79 Å². The average Bonchev–Trinajstić information content (AvgIpc) is 3.21. The van der Waals surface area contributed by atoms with Gasteiger partial charge in [0.2, 0.25) is 15.9 Å². The summed E-state index contributed by atoms with van der Waals surface area (Å²) >= 11 is 7.52. The van der Waals surface area contributed by atoms with Gasteiger partial charge in [0.25, 0.3) is 0 Å². The number of carbonyl (C=O) groups excluding carboxylic acids is 1. The van der Waals surface area contributed by atoms with Crippen molar-refractivity contribution in [2.75, 3.05) is 25.4 Å². The van der Waals surface area contributed by atoms with Gasteiger partial charge in [-0.2, -0.15) is 16.1 Å². The Labute approximate surface area is 174 Å². The molecule has 1 fully saturated rings. The molecule has 3 rings (SSSR count). The fraction of sp³-hybridized carbons (Fsp3) is 0.421. The molecule has 0 bridgehead atoms. The Hall–Kier alpha value is -1.48. The third-order valence-corrected chi connectivity index (χ3v) is 7.69. The molecule has 1 aliphatic heterocycles. The van der Waals surface area contributed by atoms with E-state index >= 15 is 0 Å². The maximum Gasteiger partial charge on any atom is 0.243 e. The fourth-order valence-electron chi connectivity index (χ4n) is 3.09. The summed E-state index contributed by atoms with van der Waals surface area (Å²) in [6, 6.07) is 9.88. The lowest BCUT2D eigenvalue weighted by molar-refractivity contribution is -0.125. The monoisotopic (exact) mass is 442 g/mol. The van der Waals surface area contributed by atoms with E-state index in [0.29, 0.717) is 31.0 Å². The van der Waals surface area contributed by atoms with Crippen LogP contribution in [0, 0.1) is 5.92 Å². The molecule has 6 nitrogen and oxygen atoms in total. The van der Waals surface area contributed by atoms with Crippen molar-refractivity contribution in [1.82, 2.24) is 9.62 Å². The van der Waals surface area contributed by atoms with E-state index < -0.39 is 10.0 Å². The van der Waals surface area contributed by atoms with Crippen molar-refractivity contribution in [3.05, 3.63) is 53.4 Å². The Morgan fingerprint density at radius 2 is 2.07 bits per heavy atom. The van der Waals surface area contributed by atoms with Crippen molar-refractivity contribution < 1.29 is 17.6 Å². The number of nitrogens with one attached hydrogen (secondary N) is 1. The molecule has 9 heteroatoms. The fourth-order valence-corrected chi connectivity index (χ4v) is 5.49. The Morgan fingerprint density at radius 1 is 1.29 bits per heavy atom. The van der Waals surface area contributed by atoms with Crippen molar-refractivity contribution in [3.8, 4) is 0 Å². The molecule has 1 atom stereocenters. The quantitative estimate of drug-likeness (QED) is 0.634. The van der Waals surface area contributed by atoms with Crippen LogP contribution >= 0.6 is 23.4 Å². The zero-order valence-electron chi connectivity index (χ0n) is 15.3. The van der Waals surface area contributed by atoms with E-state index in [4.69, 9.17) is 16.0 Å². The number of thioether (sulfide) groups is 1. The Bertz CT molecular complexity index is 870. The first-order valence-electron chi connectivity index (χ1n) is 9.10. The zero-order valence-corrected chi connectivity index (χ0v) is 17.7. The number of hydrogen-bond acceptors (Lipinski definition) is 5. The molecule has 28 heavy (non-hydrogen) atoms. The van der Waals surface area contributed by atoms with Gasteiger partial charge in [-0.15, -0.1) is 0 Å². The van der Waals surface area contributed by atoms with Gasteiger partial charge >= 0.3 is 0 Å². The van der Waals surface area contributed by atoms with E-state index in [-0.39, 0.29) is 23.3 Å². The molecule has 1 amide bonds. The second-order valence-corrected chi connectivity index (χ2v) is 10.1. The summed E-state index contributed by atoms with van der Waals surface area (Å²) in [6.07, 6.45) is 3.00. The number of hydrogen-bond donors (Lipinski definition) is 1. The number of benzene rings is 1. The highest BCUT2D eigenvalue weighted by atomic mass is 35.5.